The van der Waals surface area contributed by atoms with Gasteiger partial charge in [-0.15, -0.1) is 0 Å². The van der Waals surface area contributed by atoms with E-state index in [-0.39, 0.29) is 22.9 Å². The van der Waals surface area contributed by atoms with E-state index in [1.165, 1.54) is 25.3 Å². The molecule has 8 nitrogen and oxygen atoms in total. The summed E-state index contributed by atoms with van der Waals surface area (Å²) >= 11 is 0. The number of alkyl halides is 3. The Morgan fingerprint density at radius 1 is 1.05 bits per heavy atom. The van der Waals surface area contributed by atoms with Gasteiger partial charge in [-0.3, -0.25) is 4.79 Å². The minimum Gasteiger partial charge on any atom is -0.504 e. The molecule has 0 spiro atoms. The lowest BCUT2D eigenvalue weighted by atomic mass is 10.0. The quantitative estimate of drug-likeness (QED) is 0.257. The summed E-state index contributed by atoms with van der Waals surface area (Å²) in [6, 6.07) is 19.6. The number of anilines is 2. The Morgan fingerprint density at radius 3 is 2.52 bits per heavy atom. The standard InChI is InChI=1S/C29H22F3N5O3/c1-40-24-13-17(8-9-23(24)38)22-15-25(36-26(16-33)35-22)37-28(10-11-28)19-5-3-7-21(14-19)34-27(39)18-4-2-6-20(12-18)29(30,31)32/h2-9,12-15,38H,10-11H2,1H3,(H,34,39)(H,35,36,37). The van der Waals surface area contributed by atoms with Crippen molar-refractivity contribution in [3.8, 4) is 28.8 Å². The number of aromatic hydroxyl groups is 1. The Balaban J connectivity index is 1.39. The van der Waals surface area contributed by atoms with E-state index >= 15 is 0 Å². The smallest absolute Gasteiger partial charge is 0.416 e. The number of carbonyl (C=O) groups is 1. The Hall–Kier alpha value is -5.11. The van der Waals surface area contributed by atoms with Crippen LogP contribution in [0, 0.1) is 11.3 Å². The topological polar surface area (TPSA) is 120 Å². The van der Waals surface area contributed by atoms with Crippen molar-refractivity contribution in [2.75, 3.05) is 17.7 Å². The van der Waals surface area contributed by atoms with Crippen LogP contribution in [-0.4, -0.2) is 28.1 Å². The van der Waals surface area contributed by atoms with Crippen LogP contribution in [0.3, 0.4) is 0 Å². The summed E-state index contributed by atoms with van der Waals surface area (Å²) in [6.07, 6.45) is -3.07. The molecule has 0 radical (unpaired) electrons. The van der Waals surface area contributed by atoms with Crippen LogP contribution in [0.1, 0.15) is 40.2 Å². The van der Waals surface area contributed by atoms with Crippen molar-refractivity contribution in [3.63, 3.8) is 0 Å². The third-order valence-electron chi connectivity index (χ3n) is 6.54. The monoisotopic (exact) mass is 545 g/mol. The zero-order chi connectivity index (χ0) is 28.5. The van der Waals surface area contributed by atoms with E-state index < -0.39 is 23.2 Å². The van der Waals surface area contributed by atoms with E-state index in [9.17, 15) is 28.3 Å². The van der Waals surface area contributed by atoms with Gasteiger partial charge in [-0.05, 0) is 66.9 Å². The van der Waals surface area contributed by atoms with Gasteiger partial charge in [0.1, 0.15) is 11.9 Å². The second-order valence-electron chi connectivity index (χ2n) is 9.28. The summed E-state index contributed by atoms with van der Waals surface area (Å²) in [4.78, 5) is 21.3. The summed E-state index contributed by atoms with van der Waals surface area (Å²) in [5.41, 5.74) is 0.780. The Bertz CT molecular complexity index is 1640. The Kier molecular flexibility index (Phi) is 6.77. The van der Waals surface area contributed by atoms with Crippen LogP contribution in [0.25, 0.3) is 11.3 Å². The van der Waals surface area contributed by atoms with Crippen LogP contribution >= 0.6 is 0 Å². The van der Waals surface area contributed by atoms with Crippen LogP contribution in [0.4, 0.5) is 24.7 Å². The van der Waals surface area contributed by atoms with Gasteiger partial charge < -0.3 is 20.5 Å². The predicted molar refractivity (Wildman–Crippen MR) is 141 cm³/mol. The molecule has 0 aliphatic heterocycles. The van der Waals surface area contributed by atoms with Crippen molar-refractivity contribution in [2.45, 2.75) is 24.6 Å². The van der Waals surface area contributed by atoms with Gasteiger partial charge in [0.2, 0.25) is 5.82 Å². The van der Waals surface area contributed by atoms with Crippen LogP contribution in [0.2, 0.25) is 0 Å². The Labute approximate surface area is 227 Å². The van der Waals surface area contributed by atoms with Gasteiger partial charge in [0.15, 0.2) is 11.5 Å². The molecule has 1 fully saturated rings. The number of nitriles is 1. The average molecular weight is 546 g/mol. The summed E-state index contributed by atoms with van der Waals surface area (Å²) in [5.74, 6) is -0.0816. The fraction of sp³-hybridized carbons (Fsp3) is 0.172. The average Bonchev–Trinajstić information content (AvgIpc) is 3.73. The van der Waals surface area contributed by atoms with E-state index in [1.807, 2.05) is 12.1 Å². The number of phenols is 1. The van der Waals surface area contributed by atoms with Crippen LogP contribution in [0.5, 0.6) is 11.5 Å². The first-order valence-corrected chi connectivity index (χ1v) is 12.1. The number of aromatic nitrogens is 2. The molecule has 5 rings (SSSR count). The fourth-order valence-electron chi connectivity index (χ4n) is 4.34. The van der Waals surface area contributed by atoms with Crippen molar-refractivity contribution < 1.29 is 27.8 Å². The third-order valence-corrected chi connectivity index (χ3v) is 6.54. The molecule has 1 saturated carbocycles. The highest BCUT2D eigenvalue weighted by atomic mass is 19.4. The van der Waals surface area contributed by atoms with Gasteiger partial charge in [0.05, 0.1) is 23.9 Å². The summed E-state index contributed by atoms with van der Waals surface area (Å²) in [7, 11) is 1.43. The summed E-state index contributed by atoms with van der Waals surface area (Å²) < 4.78 is 44.4. The SMILES string of the molecule is COc1cc(-c2cc(NC3(c4cccc(NC(=O)c5cccc(C(F)(F)F)c5)c4)CC3)nc(C#N)n2)ccc1O. The number of rotatable bonds is 7. The summed E-state index contributed by atoms with van der Waals surface area (Å²) in [6.45, 7) is 0. The number of carbonyl (C=O) groups excluding carboxylic acids is 1. The molecular weight excluding hydrogens is 523 g/mol. The Morgan fingerprint density at radius 2 is 1.82 bits per heavy atom. The van der Waals surface area contributed by atoms with Crippen LogP contribution in [-0.2, 0) is 11.7 Å². The number of methoxy groups -OCH3 is 1. The number of hydrogen-bond donors (Lipinski definition) is 3. The molecule has 40 heavy (non-hydrogen) atoms. The van der Waals surface area contributed by atoms with Gasteiger partial charge in [-0.2, -0.15) is 18.4 Å². The molecule has 11 heteroatoms. The molecule has 3 aromatic carbocycles. The molecule has 1 aliphatic carbocycles. The van der Waals surface area contributed by atoms with E-state index in [4.69, 9.17) is 4.74 Å². The number of nitrogens with zero attached hydrogens (tertiary/aromatic N) is 3. The maximum Gasteiger partial charge on any atom is 0.416 e. The first kappa shape index (κ1) is 26.5. The lowest BCUT2D eigenvalue weighted by Gasteiger charge is -2.20. The van der Waals surface area contributed by atoms with Gasteiger partial charge in [-0.1, -0.05) is 18.2 Å². The van der Waals surface area contributed by atoms with Gasteiger partial charge in [-0.25, -0.2) is 9.97 Å². The number of amides is 1. The highest BCUT2D eigenvalue weighted by molar-refractivity contribution is 6.04. The maximum atomic E-state index is 13.1. The number of hydrogen-bond acceptors (Lipinski definition) is 7. The van der Waals surface area contributed by atoms with E-state index in [2.05, 4.69) is 20.6 Å². The maximum absolute atomic E-state index is 13.1. The third kappa shape index (κ3) is 5.51. The van der Waals surface area contributed by atoms with Gasteiger partial charge in [0.25, 0.3) is 5.91 Å². The molecule has 0 unspecified atom stereocenters. The van der Waals surface area contributed by atoms with Crippen molar-refractivity contribution in [1.82, 2.24) is 9.97 Å². The molecule has 4 aromatic rings. The number of ether oxygens (including phenoxy) is 1. The van der Waals surface area contributed by atoms with Crippen molar-refractivity contribution in [1.29, 1.82) is 5.26 Å². The van der Waals surface area contributed by atoms with E-state index in [1.54, 1.807) is 36.4 Å². The molecule has 1 heterocycles. The first-order chi connectivity index (χ1) is 19.1. The molecule has 202 valence electrons. The molecule has 3 N–H and O–H groups in total. The fourth-order valence-corrected chi connectivity index (χ4v) is 4.34. The first-order valence-electron chi connectivity index (χ1n) is 12.1. The highest BCUT2D eigenvalue weighted by Gasteiger charge is 2.45. The molecule has 1 aliphatic rings. The van der Waals surface area contributed by atoms with E-state index in [0.29, 0.717) is 22.8 Å². The van der Waals surface area contributed by atoms with Crippen molar-refractivity contribution in [3.05, 3.63) is 95.3 Å². The molecule has 0 atom stereocenters. The van der Waals surface area contributed by atoms with Gasteiger partial charge in [0, 0.05) is 22.9 Å². The highest BCUT2D eigenvalue weighted by Crippen LogP contribution is 2.48. The molecule has 0 saturated heterocycles. The number of phenolic OH excluding ortho intramolecular Hbond substituents is 1. The van der Waals surface area contributed by atoms with Crippen LogP contribution < -0.4 is 15.4 Å². The molecule has 1 amide bonds. The lowest BCUT2D eigenvalue weighted by molar-refractivity contribution is -0.137. The van der Waals surface area contributed by atoms with Gasteiger partial charge >= 0.3 is 6.18 Å². The molecule has 0 bridgehead atoms. The zero-order valence-electron chi connectivity index (χ0n) is 21.1. The minimum atomic E-state index is -4.55. The number of halogens is 3. The molecule has 1 aromatic heterocycles. The van der Waals surface area contributed by atoms with E-state index in [0.717, 1.165) is 30.5 Å². The normalized spacial score (nSPS) is 13.7. The predicted octanol–water partition coefficient (Wildman–Crippen LogP) is 6.10. The largest absolute Gasteiger partial charge is 0.504 e. The second kappa shape index (κ2) is 10.2. The van der Waals surface area contributed by atoms with Crippen molar-refractivity contribution >= 4 is 17.4 Å². The molecular formula is C29H22F3N5O3. The van der Waals surface area contributed by atoms with Crippen LogP contribution in [0.15, 0.2) is 72.8 Å². The summed E-state index contributed by atoms with van der Waals surface area (Å²) in [5, 5.41) is 25.5. The number of nitrogens with one attached hydrogen (secondary N) is 2. The van der Waals surface area contributed by atoms with Crippen molar-refractivity contribution in [2.24, 2.45) is 0 Å². The minimum absolute atomic E-state index is 0.0314. The zero-order valence-corrected chi connectivity index (χ0v) is 21.1. The lowest BCUT2D eigenvalue weighted by Crippen LogP contribution is -2.21. The second-order valence-corrected chi connectivity index (χ2v) is 9.28. The number of benzene rings is 3.